The highest BCUT2D eigenvalue weighted by molar-refractivity contribution is 6.30. The lowest BCUT2D eigenvalue weighted by Gasteiger charge is -2.32. The standard InChI is InChI=1S/C17H17ClFN3O2/c18-13-9-20-17(21-10-13)24-14-5-3-7-22(11-14)16(23)8-12-4-1-2-6-15(12)19/h1-2,4,6,9-10,14H,3,5,7-8,11H2/t14-/m1/s1. The minimum atomic E-state index is -0.356. The van der Waals surface area contributed by atoms with E-state index in [0.29, 0.717) is 23.7 Å². The van der Waals surface area contributed by atoms with Gasteiger partial charge in [-0.15, -0.1) is 0 Å². The van der Waals surface area contributed by atoms with Gasteiger partial charge in [-0.3, -0.25) is 4.79 Å². The number of rotatable bonds is 4. The average molecular weight is 350 g/mol. The van der Waals surface area contributed by atoms with Gasteiger partial charge in [0.05, 0.1) is 30.4 Å². The molecule has 1 atom stereocenters. The van der Waals surface area contributed by atoms with E-state index in [1.807, 2.05) is 0 Å². The second-order valence-electron chi connectivity index (χ2n) is 5.67. The van der Waals surface area contributed by atoms with Gasteiger partial charge in [0.2, 0.25) is 5.91 Å². The molecule has 0 aliphatic carbocycles. The molecule has 0 spiro atoms. The molecule has 2 heterocycles. The summed E-state index contributed by atoms with van der Waals surface area (Å²) in [6.45, 7) is 1.09. The second-order valence-corrected chi connectivity index (χ2v) is 6.11. The molecule has 0 radical (unpaired) electrons. The predicted octanol–water partition coefficient (Wildman–Crippen LogP) is 2.88. The third-order valence-corrected chi connectivity index (χ3v) is 4.09. The number of likely N-dealkylation sites (tertiary alicyclic amines) is 1. The van der Waals surface area contributed by atoms with Crippen LogP contribution < -0.4 is 4.74 Å². The first-order valence-electron chi connectivity index (χ1n) is 7.77. The summed E-state index contributed by atoms with van der Waals surface area (Å²) in [5.41, 5.74) is 0.409. The summed E-state index contributed by atoms with van der Waals surface area (Å²) in [4.78, 5) is 22.1. The fourth-order valence-electron chi connectivity index (χ4n) is 2.69. The molecule has 1 aliphatic heterocycles. The van der Waals surface area contributed by atoms with Gasteiger partial charge in [-0.25, -0.2) is 14.4 Å². The van der Waals surface area contributed by atoms with Crippen molar-refractivity contribution >= 4 is 17.5 Å². The van der Waals surface area contributed by atoms with Crippen molar-refractivity contribution in [3.63, 3.8) is 0 Å². The number of nitrogens with zero attached hydrogens (tertiary/aromatic N) is 3. The van der Waals surface area contributed by atoms with Crippen LogP contribution in [0.1, 0.15) is 18.4 Å². The molecule has 5 nitrogen and oxygen atoms in total. The number of piperidine rings is 1. The number of hydrogen-bond acceptors (Lipinski definition) is 4. The quantitative estimate of drug-likeness (QED) is 0.851. The van der Waals surface area contributed by atoms with E-state index in [2.05, 4.69) is 9.97 Å². The first kappa shape index (κ1) is 16.6. The summed E-state index contributed by atoms with van der Waals surface area (Å²) in [5.74, 6) is -0.462. The normalized spacial score (nSPS) is 17.6. The summed E-state index contributed by atoms with van der Waals surface area (Å²) in [6, 6.07) is 6.58. The Labute approximate surface area is 144 Å². The maximum Gasteiger partial charge on any atom is 0.316 e. The third-order valence-electron chi connectivity index (χ3n) is 3.90. The molecule has 0 saturated carbocycles. The molecule has 0 unspecified atom stereocenters. The van der Waals surface area contributed by atoms with E-state index >= 15 is 0 Å². The Bertz CT molecular complexity index is 711. The zero-order valence-electron chi connectivity index (χ0n) is 13.0. The number of benzene rings is 1. The lowest BCUT2D eigenvalue weighted by molar-refractivity contribution is -0.133. The molecule has 1 saturated heterocycles. The molecule has 1 aromatic heterocycles. The molecule has 126 valence electrons. The second kappa shape index (κ2) is 7.57. The summed E-state index contributed by atoms with van der Waals surface area (Å²) in [5, 5.41) is 0.438. The van der Waals surface area contributed by atoms with Gasteiger partial charge >= 0.3 is 6.01 Å². The van der Waals surface area contributed by atoms with Gasteiger partial charge in [0.1, 0.15) is 11.9 Å². The number of ether oxygens (including phenoxy) is 1. The number of hydrogen-bond donors (Lipinski definition) is 0. The molecule has 0 N–H and O–H groups in total. The highest BCUT2D eigenvalue weighted by atomic mass is 35.5. The summed E-state index contributed by atoms with van der Waals surface area (Å²) < 4.78 is 19.4. The molecule has 0 bridgehead atoms. The van der Waals surface area contributed by atoms with Crippen LogP contribution in [0.3, 0.4) is 0 Å². The van der Waals surface area contributed by atoms with E-state index in [0.717, 1.165) is 12.8 Å². The van der Waals surface area contributed by atoms with Crippen molar-refractivity contribution in [3.8, 4) is 6.01 Å². The van der Waals surface area contributed by atoms with Crippen LogP contribution in [0, 0.1) is 5.82 Å². The minimum Gasteiger partial charge on any atom is -0.458 e. The number of halogens is 2. The molecular formula is C17H17ClFN3O2. The monoisotopic (exact) mass is 349 g/mol. The van der Waals surface area contributed by atoms with Gasteiger partial charge in [0, 0.05) is 6.54 Å². The first-order valence-corrected chi connectivity index (χ1v) is 8.15. The Morgan fingerprint density at radius 1 is 1.33 bits per heavy atom. The Balaban J connectivity index is 1.59. The van der Waals surface area contributed by atoms with Crippen LogP contribution in [-0.4, -0.2) is 40.0 Å². The Kier molecular flexibility index (Phi) is 5.25. The molecule has 1 fully saturated rings. The largest absolute Gasteiger partial charge is 0.458 e. The van der Waals surface area contributed by atoms with Crippen LogP contribution in [0.5, 0.6) is 6.01 Å². The zero-order chi connectivity index (χ0) is 16.9. The van der Waals surface area contributed by atoms with Crippen molar-refractivity contribution in [2.45, 2.75) is 25.4 Å². The van der Waals surface area contributed by atoms with Crippen LogP contribution in [0.2, 0.25) is 5.02 Å². The number of amides is 1. The van der Waals surface area contributed by atoms with E-state index in [1.54, 1.807) is 23.1 Å². The molecule has 1 aromatic carbocycles. The third kappa shape index (κ3) is 4.20. The highest BCUT2D eigenvalue weighted by Gasteiger charge is 2.26. The van der Waals surface area contributed by atoms with Gasteiger partial charge in [0.25, 0.3) is 0 Å². The van der Waals surface area contributed by atoms with Gasteiger partial charge < -0.3 is 9.64 Å². The molecular weight excluding hydrogens is 333 g/mol. The van der Waals surface area contributed by atoms with Crippen LogP contribution in [0.25, 0.3) is 0 Å². The van der Waals surface area contributed by atoms with Crippen molar-refractivity contribution in [2.75, 3.05) is 13.1 Å². The van der Waals surface area contributed by atoms with Crippen molar-refractivity contribution < 1.29 is 13.9 Å². The fourth-order valence-corrected chi connectivity index (χ4v) is 2.79. The molecule has 1 aliphatic rings. The van der Waals surface area contributed by atoms with Gasteiger partial charge in [-0.2, -0.15) is 0 Å². The zero-order valence-corrected chi connectivity index (χ0v) is 13.7. The van der Waals surface area contributed by atoms with Gasteiger partial charge in [-0.05, 0) is 24.5 Å². The van der Waals surface area contributed by atoms with E-state index in [1.165, 1.54) is 18.5 Å². The lowest BCUT2D eigenvalue weighted by atomic mass is 10.1. The van der Waals surface area contributed by atoms with Gasteiger partial charge in [0.15, 0.2) is 0 Å². The van der Waals surface area contributed by atoms with Crippen LogP contribution >= 0.6 is 11.6 Å². The lowest BCUT2D eigenvalue weighted by Crippen LogP contribution is -2.45. The van der Waals surface area contributed by atoms with Crippen molar-refractivity contribution in [2.24, 2.45) is 0 Å². The number of aromatic nitrogens is 2. The number of carbonyl (C=O) groups is 1. The Morgan fingerprint density at radius 3 is 2.83 bits per heavy atom. The number of carbonyl (C=O) groups excluding carboxylic acids is 1. The summed E-state index contributed by atoms with van der Waals surface area (Å²) in [6.07, 6.45) is 4.44. The molecule has 2 aromatic rings. The average Bonchev–Trinajstić information content (AvgIpc) is 2.59. The van der Waals surface area contributed by atoms with Crippen molar-refractivity contribution in [1.29, 1.82) is 0 Å². The van der Waals surface area contributed by atoms with Gasteiger partial charge in [-0.1, -0.05) is 29.8 Å². The first-order chi connectivity index (χ1) is 11.6. The smallest absolute Gasteiger partial charge is 0.316 e. The maximum atomic E-state index is 13.7. The molecule has 7 heteroatoms. The molecule has 1 amide bonds. The Hall–Kier alpha value is -2.21. The Morgan fingerprint density at radius 2 is 2.08 bits per heavy atom. The van der Waals surface area contributed by atoms with Crippen LogP contribution in [0.15, 0.2) is 36.7 Å². The SMILES string of the molecule is O=C(Cc1ccccc1F)N1CCC[C@@H](Oc2ncc(Cl)cn2)C1. The fraction of sp³-hybridized carbons (Fsp3) is 0.353. The van der Waals surface area contributed by atoms with Crippen molar-refractivity contribution in [1.82, 2.24) is 14.9 Å². The topological polar surface area (TPSA) is 55.3 Å². The van der Waals surface area contributed by atoms with E-state index in [9.17, 15) is 9.18 Å². The van der Waals surface area contributed by atoms with Crippen molar-refractivity contribution in [3.05, 3.63) is 53.1 Å². The molecule has 24 heavy (non-hydrogen) atoms. The minimum absolute atomic E-state index is 0.0524. The predicted molar refractivity (Wildman–Crippen MR) is 87.4 cm³/mol. The summed E-state index contributed by atoms with van der Waals surface area (Å²) >= 11 is 5.74. The molecule has 3 rings (SSSR count). The van der Waals surface area contributed by atoms with Crippen LogP contribution in [-0.2, 0) is 11.2 Å². The van der Waals surface area contributed by atoms with E-state index in [4.69, 9.17) is 16.3 Å². The highest BCUT2D eigenvalue weighted by Crippen LogP contribution is 2.18. The maximum absolute atomic E-state index is 13.7. The van der Waals surface area contributed by atoms with Crippen LogP contribution in [0.4, 0.5) is 4.39 Å². The van der Waals surface area contributed by atoms with E-state index < -0.39 is 0 Å². The summed E-state index contributed by atoms with van der Waals surface area (Å²) in [7, 11) is 0. The van der Waals surface area contributed by atoms with E-state index in [-0.39, 0.29) is 30.3 Å².